The normalized spacial score (nSPS) is 38.9. The summed E-state index contributed by atoms with van der Waals surface area (Å²) in [6.07, 6.45) is 23.2. The zero-order valence-corrected chi connectivity index (χ0v) is 23.8. The molecule has 0 aromatic carbocycles. The van der Waals surface area contributed by atoms with E-state index in [4.69, 9.17) is 5.73 Å². The largest absolute Gasteiger partial charge is 0.330 e. The van der Waals surface area contributed by atoms with Gasteiger partial charge in [-0.2, -0.15) is 0 Å². The van der Waals surface area contributed by atoms with Gasteiger partial charge < -0.3 is 5.73 Å². The third-order valence-electron chi connectivity index (χ3n) is 10.5. The summed E-state index contributed by atoms with van der Waals surface area (Å²) in [6.45, 7) is 18.6. The highest BCUT2D eigenvalue weighted by Gasteiger charge is 2.46. The van der Waals surface area contributed by atoms with E-state index in [1.807, 2.05) is 0 Å². The van der Waals surface area contributed by atoms with E-state index in [1.54, 1.807) is 5.57 Å². The van der Waals surface area contributed by atoms with Crippen LogP contribution in [-0.2, 0) is 0 Å². The number of hydrogen-bond donors (Lipinski definition) is 1. The average Bonchev–Trinajstić information content (AvgIpc) is 3.11. The standard InChI is InChI=1S/C33H54N2/c1-8-11-22(2)23(3)32-25(14-15-26-20-27(33(5,6)7)16-17-28(26)32)18-19-35-24(4)30(21-34)29-12-9-10-13-31(29)35/h8,11,16-18,20,22-24,26,28-32H,9-10,12-15,19,21,34H2,1-7H3/b11-8-,25-18-. The summed E-state index contributed by atoms with van der Waals surface area (Å²) in [5.41, 5.74) is 9.81. The number of nitrogens with two attached hydrogens (primary N) is 1. The minimum atomic E-state index is 0.235. The highest BCUT2D eigenvalue weighted by atomic mass is 15.2. The molecule has 1 aliphatic heterocycles. The van der Waals surface area contributed by atoms with Crippen molar-refractivity contribution in [3.05, 3.63) is 47.6 Å². The van der Waals surface area contributed by atoms with Crippen LogP contribution < -0.4 is 5.73 Å². The minimum Gasteiger partial charge on any atom is -0.330 e. The fraction of sp³-hybridized carbons (Fsp3) is 0.758. The number of rotatable bonds is 6. The highest BCUT2D eigenvalue weighted by molar-refractivity contribution is 5.34. The van der Waals surface area contributed by atoms with Gasteiger partial charge in [0.2, 0.25) is 0 Å². The minimum absolute atomic E-state index is 0.235. The molecule has 9 unspecified atom stereocenters. The van der Waals surface area contributed by atoms with Crippen molar-refractivity contribution in [1.82, 2.24) is 4.90 Å². The van der Waals surface area contributed by atoms with E-state index >= 15 is 0 Å². The van der Waals surface area contributed by atoms with Gasteiger partial charge in [0.1, 0.15) is 0 Å². The van der Waals surface area contributed by atoms with Crippen LogP contribution in [-0.4, -0.2) is 30.1 Å². The maximum absolute atomic E-state index is 6.31. The van der Waals surface area contributed by atoms with Crippen LogP contribution in [0.3, 0.4) is 0 Å². The Balaban J connectivity index is 1.60. The molecular formula is C33H54N2. The lowest BCUT2D eigenvalue weighted by molar-refractivity contribution is 0.168. The maximum Gasteiger partial charge on any atom is 0.0171 e. The van der Waals surface area contributed by atoms with Gasteiger partial charge in [0.05, 0.1) is 0 Å². The van der Waals surface area contributed by atoms with Gasteiger partial charge in [-0.15, -0.1) is 0 Å². The Morgan fingerprint density at radius 1 is 1.14 bits per heavy atom. The van der Waals surface area contributed by atoms with E-state index in [1.165, 1.54) is 44.1 Å². The van der Waals surface area contributed by atoms with Crippen molar-refractivity contribution in [2.45, 2.75) is 99.1 Å². The first-order chi connectivity index (χ1) is 16.7. The predicted octanol–water partition coefficient (Wildman–Crippen LogP) is 7.78. The van der Waals surface area contributed by atoms with Crippen molar-refractivity contribution in [3.8, 4) is 0 Å². The van der Waals surface area contributed by atoms with Crippen LogP contribution in [0.4, 0.5) is 0 Å². The van der Waals surface area contributed by atoms with Gasteiger partial charge in [-0.3, -0.25) is 4.90 Å². The Labute approximate surface area is 217 Å². The average molecular weight is 479 g/mol. The zero-order chi connectivity index (χ0) is 25.3. The molecule has 0 radical (unpaired) electrons. The molecule has 0 amide bonds. The lowest BCUT2D eigenvalue weighted by Crippen LogP contribution is -2.39. The van der Waals surface area contributed by atoms with Crippen molar-refractivity contribution in [2.24, 2.45) is 52.6 Å². The van der Waals surface area contributed by atoms with Crippen LogP contribution in [0.25, 0.3) is 0 Å². The van der Waals surface area contributed by atoms with E-state index in [2.05, 4.69) is 89.8 Å². The van der Waals surface area contributed by atoms with Crippen molar-refractivity contribution >= 4 is 0 Å². The van der Waals surface area contributed by atoms with Gasteiger partial charge in [0.25, 0.3) is 0 Å². The Hall–Kier alpha value is -1.12. The topological polar surface area (TPSA) is 29.3 Å². The summed E-state index contributed by atoms with van der Waals surface area (Å²) in [4.78, 5) is 2.85. The van der Waals surface area contributed by atoms with Gasteiger partial charge in [0, 0.05) is 18.6 Å². The molecule has 1 saturated heterocycles. The number of nitrogens with zero attached hydrogens (tertiary/aromatic N) is 1. The third-order valence-corrected chi connectivity index (χ3v) is 10.5. The number of likely N-dealkylation sites (tertiary alicyclic amines) is 1. The molecule has 4 aliphatic rings. The Kier molecular flexibility index (Phi) is 8.54. The lowest BCUT2D eigenvalue weighted by Gasteiger charge is -2.45. The molecule has 4 rings (SSSR count). The molecule has 2 nitrogen and oxygen atoms in total. The van der Waals surface area contributed by atoms with Gasteiger partial charge in [-0.25, -0.2) is 0 Å². The first kappa shape index (κ1) is 26.9. The molecule has 0 bridgehead atoms. The van der Waals surface area contributed by atoms with Gasteiger partial charge in [-0.05, 0) is 98.5 Å². The molecule has 2 heteroatoms. The van der Waals surface area contributed by atoms with Gasteiger partial charge in [-0.1, -0.05) is 89.5 Å². The van der Waals surface area contributed by atoms with Gasteiger partial charge >= 0.3 is 0 Å². The molecule has 3 fully saturated rings. The summed E-state index contributed by atoms with van der Waals surface area (Å²) >= 11 is 0. The van der Waals surface area contributed by atoms with Crippen LogP contribution in [0.15, 0.2) is 47.6 Å². The molecule has 2 saturated carbocycles. The third kappa shape index (κ3) is 5.45. The number of hydrogen-bond acceptors (Lipinski definition) is 2. The second-order valence-corrected chi connectivity index (χ2v) is 13.4. The number of allylic oxidation sites excluding steroid dienone is 7. The predicted molar refractivity (Wildman–Crippen MR) is 152 cm³/mol. The Morgan fingerprint density at radius 3 is 2.57 bits per heavy atom. The second-order valence-electron chi connectivity index (χ2n) is 13.4. The van der Waals surface area contributed by atoms with Crippen LogP contribution in [0.5, 0.6) is 0 Å². The molecule has 35 heavy (non-hydrogen) atoms. The molecular weight excluding hydrogens is 424 g/mol. The highest BCUT2D eigenvalue weighted by Crippen LogP contribution is 2.49. The number of fused-ring (bicyclic) bond motifs is 2. The first-order valence-electron chi connectivity index (χ1n) is 14.8. The molecule has 0 aromatic rings. The monoisotopic (exact) mass is 478 g/mol. The molecule has 196 valence electrons. The molecule has 3 aliphatic carbocycles. The first-order valence-corrected chi connectivity index (χ1v) is 14.8. The SMILES string of the molecule is C/C=C\C(C)C(C)C1/C(=C\CN2C(C)C(CN)C3CCCCC32)CCC2C=C(C(C)(C)C)C=CC21. The summed E-state index contributed by atoms with van der Waals surface area (Å²) < 4.78 is 0. The molecule has 9 atom stereocenters. The summed E-state index contributed by atoms with van der Waals surface area (Å²) in [7, 11) is 0. The maximum atomic E-state index is 6.31. The van der Waals surface area contributed by atoms with E-state index < -0.39 is 0 Å². The smallest absolute Gasteiger partial charge is 0.0171 e. The quantitative estimate of drug-likeness (QED) is 0.395. The summed E-state index contributed by atoms with van der Waals surface area (Å²) in [5.74, 6) is 4.72. The molecule has 0 aromatic heterocycles. The Bertz CT molecular complexity index is 840. The zero-order valence-electron chi connectivity index (χ0n) is 23.8. The van der Waals surface area contributed by atoms with Crippen LogP contribution in [0.2, 0.25) is 0 Å². The van der Waals surface area contributed by atoms with E-state index in [0.29, 0.717) is 41.5 Å². The van der Waals surface area contributed by atoms with E-state index in [-0.39, 0.29) is 5.41 Å². The van der Waals surface area contributed by atoms with Crippen LogP contribution >= 0.6 is 0 Å². The lowest BCUT2D eigenvalue weighted by atomic mass is 9.60. The van der Waals surface area contributed by atoms with Gasteiger partial charge in [0.15, 0.2) is 0 Å². The molecule has 2 N–H and O–H groups in total. The van der Waals surface area contributed by atoms with Crippen molar-refractivity contribution in [2.75, 3.05) is 13.1 Å². The fourth-order valence-corrected chi connectivity index (χ4v) is 8.25. The molecule has 0 spiro atoms. The van der Waals surface area contributed by atoms with Crippen LogP contribution in [0, 0.1) is 46.8 Å². The summed E-state index contributed by atoms with van der Waals surface area (Å²) in [5, 5.41) is 0. The van der Waals surface area contributed by atoms with Crippen LogP contribution in [0.1, 0.15) is 87.0 Å². The molecule has 1 heterocycles. The Morgan fingerprint density at radius 2 is 1.89 bits per heavy atom. The van der Waals surface area contributed by atoms with Crippen molar-refractivity contribution in [3.63, 3.8) is 0 Å². The fourth-order valence-electron chi connectivity index (χ4n) is 8.25. The van der Waals surface area contributed by atoms with Crippen molar-refractivity contribution < 1.29 is 0 Å². The van der Waals surface area contributed by atoms with Crippen molar-refractivity contribution in [1.29, 1.82) is 0 Å². The van der Waals surface area contributed by atoms with E-state index in [0.717, 1.165) is 25.0 Å². The van der Waals surface area contributed by atoms with E-state index in [9.17, 15) is 0 Å². The second kappa shape index (κ2) is 11.1. The summed E-state index contributed by atoms with van der Waals surface area (Å²) in [6, 6.07) is 1.37.